The maximum atomic E-state index is 12.6. The van der Waals surface area contributed by atoms with E-state index in [2.05, 4.69) is 78.3 Å². The number of nitrogens with one attached hydrogen (secondary N) is 1. The summed E-state index contributed by atoms with van der Waals surface area (Å²) in [5.41, 5.74) is 3.69. The summed E-state index contributed by atoms with van der Waals surface area (Å²) >= 11 is 0. The molecule has 0 spiro atoms. The standard InChI is InChI=1S/C44H74N2O5S2/c1-31(2)34-15-20-44(45-23-24-46-25-27-53(50,51)28-26-46)22-21-42(8)35(38(34)44)11-12-37-41(7)18-14-32(40(5,6)36(41)16-19-43(37,42)9)13-17-39(3,4)29-33(47)30-52(10,48)49/h14,34-38,45H,1,11-13,15-30H2,2-10H3/t34-,35+,36-,37+,38+,41-,42+,43+,44-/m0/s1. The maximum Gasteiger partial charge on any atom is 0.154 e. The lowest BCUT2D eigenvalue weighted by Crippen LogP contribution is -2.68. The fourth-order valence-corrected chi connectivity index (χ4v) is 16.4. The molecule has 53 heavy (non-hydrogen) atoms. The van der Waals surface area contributed by atoms with Crippen molar-refractivity contribution in [3.05, 3.63) is 23.8 Å². The van der Waals surface area contributed by atoms with Gasteiger partial charge in [-0.2, -0.15) is 0 Å². The number of rotatable bonds is 12. The minimum Gasteiger partial charge on any atom is -0.310 e. The number of carbonyl (C=O) groups excluding carboxylic acids is 1. The number of ketones is 1. The number of carbonyl (C=O) groups is 1. The molecule has 6 aliphatic rings. The predicted octanol–water partition coefficient (Wildman–Crippen LogP) is 8.06. The first kappa shape index (κ1) is 41.6. The molecule has 5 aliphatic carbocycles. The van der Waals surface area contributed by atoms with Crippen LogP contribution in [0.4, 0.5) is 0 Å². The summed E-state index contributed by atoms with van der Waals surface area (Å²) in [5.74, 6) is 3.19. The van der Waals surface area contributed by atoms with E-state index in [1.54, 1.807) is 5.57 Å². The van der Waals surface area contributed by atoms with Crippen LogP contribution in [-0.4, -0.2) is 82.8 Å². The number of allylic oxidation sites excluding steroid dienone is 3. The first-order valence-electron chi connectivity index (χ1n) is 21.1. The molecular formula is C44H74N2O5S2. The summed E-state index contributed by atoms with van der Waals surface area (Å²) in [4.78, 5) is 15.0. The second-order valence-electron chi connectivity index (χ2n) is 21.4. The van der Waals surface area contributed by atoms with Crippen LogP contribution in [0.15, 0.2) is 23.8 Å². The molecule has 1 aliphatic heterocycles. The van der Waals surface area contributed by atoms with Gasteiger partial charge in [-0.3, -0.25) is 4.79 Å². The Balaban J connectivity index is 1.19. The van der Waals surface area contributed by atoms with Crippen LogP contribution in [0.1, 0.15) is 132 Å². The van der Waals surface area contributed by atoms with Crippen molar-refractivity contribution < 1.29 is 21.6 Å². The number of Topliss-reactive ketones (excluding diaryl/α,β-unsaturated/α-hetero) is 1. The van der Waals surface area contributed by atoms with Crippen LogP contribution in [0.25, 0.3) is 0 Å². The first-order chi connectivity index (χ1) is 24.4. The largest absolute Gasteiger partial charge is 0.310 e. The molecule has 1 N–H and O–H groups in total. The molecular weight excluding hydrogens is 701 g/mol. The number of hydrogen-bond donors (Lipinski definition) is 1. The van der Waals surface area contributed by atoms with Gasteiger partial charge in [0.25, 0.3) is 0 Å². The monoisotopic (exact) mass is 775 g/mol. The Morgan fingerprint density at radius 1 is 0.962 bits per heavy atom. The topological polar surface area (TPSA) is 101 Å². The van der Waals surface area contributed by atoms with Crippen LogP contribution >= 0.6 is 0 Å². The van der Waals surface area contributed by atoms with Gasteiger partial charge in [0.15, 0.2) is 19.7 Å². The minimum atomic E-state index is -3.31. The van der Waals surface area contributed by atoms with Gasteiger partial charge in [-0.05, 0) is 134 Å². The fourth-order valence-electron chi connectivity index (χ4n) is 14.4. The van der Waals surface area contributed by atoms with Gasteiger partial charge in [-0.15, -0.1) is 0 Å². The molecule has 0 bridgehead atoms. The molecule has 4 saturated carbocycles. The van der Waals surface area contributed by atoms with Gasteiger partial charge in [-0.25, -0.2) is 16.8 Å². The minimum absolute atomic E-state index is 0.0829. The highest BCUT2D eigenvalue weighted by Gasteiger charge is 2.70. The Bertz CT molecular complexity index is 1680. The van der Waals surface area contributed by atoms with Crippen LogP contribution in [0.5, 0.6) is 0 Å². The van der Waals surface area contributed by atoms with E-state index in [0.29, 0.717) is 60.6 Å². The van der Waals surface area contributed by atoms with E-state index >= 15 is 0 Å². The molecule has 0 amide bonds. The smallest absolute Gasteiger partial charge is 0.154 e. The van der Waals surface area contributed by atoms with Crippen molar-refractivity contribution in [3.63, 3.8) is 0 Å². The highest BCUT2D eigenvalue weighted by molar-refractivity contribution is 7.91. The third-order valence-electron chi connectivity index (χ3n) is 17.3. The second-order valence-corrected chi connectivity index (χ2v) is 25.8. The maximum absolute atomic E-state index is 12.6. The zero-order valence-electron chi connectivity index (χ0n) is 34.9. The van der Waals surface area contributed by atoms with Crippen LogP contribution in [0.2, 0.25) is 0 Å². The van der Waals surface area contributed by atoms with Crippen LogP contribution in [-0.2, 0) is 24.5 Å². The van der Waals surface area contributed by atoms with E-state index < -0.39 is 19.7 Å². The van der Waals surface area contributed by atoms with Crippen LogP contribution in [0, 0.1) is 56.7 Å². The van der Waals surface area contributed by atoms with E-state index in [4.69, 9.17) is 0 Å². The lowest BCUT2D eigenvalue weighted by atomic mass is 9.33. The number of fused-ring (bicyclic) bond motifs is 7. The summed E-state index contributed by atoms with van der Waals surface area (Å²) in [6, 6.07) is 0. The molecule has 6 rings (SSSR count). The average Bonchev–Trinajstić information content (AvgIpc) is 3.40. The van der Waals surface area contributed by atoms with Crippen molar-refractivity contribution in [3.8, 4) is 0 Å². The summed E-state index contributed by atoms with van der Waals surface area (Å²) in [7, 11) is -6.17. The third kappa shape index (κ3) is 7.58. The van der Waals surface area contributed by atoms with E-state index in [9.17, 15) is 21.6 Å². The van der Waals surface area contributed by atoms with Gasteiger partial charge in [0.05, 0.1) is 11.5 Å². The lowest BCUT2D eigenvalue weighted by molar-refractivity contribution is -0.221. The van der Waals surface area contributed by atoms with Crippen molar-refractivity contribution in [1.29, 1.82) is 0 Å². The van der Waals surface area contributed by atoms with E-state index in [1.807, 2.05) is 0 Å². The summed E-state index contributed by atoms with van der Waals surface area (Å²) < 4.78 is 47.6. The summed E-state index contributed by atoms with van der Waals surface area (Å²) in [6.45, 7) is 27.4. The quantitative estimate of drug-likeness (QED) is 0.200. The highest BCUT2D eigenvalue weighted by atomic mass is 32.2. The van der Waals surface area contributed by atoms with Crippen molar-refractivity contribution in [2.75, 3.05) is 49.7 Å². The Morgan fingerprint density at radius 2 is 1.64 bits per heavy atom. The number of nitrogens with zero attached hydrogens (tertiary/aromatic N) is 1. The Labute approximate surface area is 324 Å². The van der Waals surface area contributed by atoms with Crippen LogP contribution < -0.4 is 5.32 Å². The van der Waals surface area contributed by atoms with Crippen molar-refractivity contribution in [2.24, 2.45) is 56.7 Å². The van der Waals surface area contributed by atoms with Crippen molar-refractivity contribution in [2.45, 2.75) is 138 Å². The van der Waals surface area contributed by atoms with Crippen molar-refractivity contribution >= 4 is 25.5 Å². The predicted molar refractivity (Wildman–Crippen MR) is 218 cm³/mol. The molecule has 0 radical (unpaired) electrons. The Morgan fingerprint density at radius 3 is 2.28 bits per heavy atom. The van der Waals surface area contributed by atoms with Gasteiger partial charge in [0.2, 0.25) is 0 Å². The third-order valence-corrected chi connectivity index (χ3v) is 19.8. The van der Waals surface area contributed by atoms with Gasteiger partial charge in [0.1, 0.15) is 11.5 Å². The fraction of sp³-hybridized carbons (Fsp3) is 0.886. The molecule has 9 atom stereocenters. The highest BCUT2D eigenvalue weighted by Crippen LogP contribution is 2.76. The first-order valence-corrected chi connectivity index (χ1v) is 25.0. The zero-order chi connectivity index (χ0) is 39.0. The van der Waals surface area contributed by atoms with Gasteiger partial charge in [-0.1, -0.05) is 72.3 Å². The molecule has 0 aromatic carbocycles. The van der Waals surface area contributed by atoms with E-state index in [0.717, 1.165) is 38.6 Å². The Kier molecular flexibility index (Phi) is 11.1. The zero-order valence-corrected chi connectivity index (χ0v) is 36.5. The Hall–Kier alpha value is -1.03. The second kappa shape index (κ2) is 14.1. The average molecular weight is 775 g/mol. The molecule has 0 aromatic rings. The van der Waals surface area contributed by atoms with Gasteiger partial charge >= 0.3 is 0 Å². The van der Waals surface area contributed by atoms with Gasteiger partial charge < -0.3 is 10.2 Å². The van der Waals surface area contributed by atoms with Crippen molar-refractivity contribution in [1.82, 2.24) is 10.2 Å². The normalized spacial score (nSPS) is 41.0. The molecule has 302 valence electrons. The lowest BCUT2D eigenvalue weighted by Gasteiger charge is -2.72. The van der Waals surface area contributed by atoms with E-state index in [-0.39, 0.29) is 44.1 Å². The SMILES string of the molecule is C=C(C)[C@@H]1CC[C@]2(NCCN3CCS(=O)(=O)CC3)CC[C@]3(C)[C@H](CC[C@@H]4[C@@]5(C)CC=C(CCC(C)(C)CC(=O)CS(C)(=O)=O)C(C)(C)[C@@H]5CC[C@]43C)[C@@H]12. The molecule has 1 heterocycles. The molecule has 5 fully saturated rings. The molecule has 7 nitrogen and oxygen atoms in total. The van der Waals surface area contributed by atoms with Crippen LogP contribution in [0.3, 0.4) is 0 Å². The molecule has 9 heteroatoms. The molecule has 0 aromatic heterocycles. The summed E-state index contributed by atoms with van der Waals surface area (Å²) in [5, 5.41) is 4.21. The van der Waals surface area contributed by atoms with E-state index in [1.165, 1.54) is 56.9 Å². The molecule has 1 saturated heterocycles. The molecule has 0 unspecified atom stereocenters. The summed E-state index contributed by atoms with van der Waals surface area (Å²) in [6.07, 6.45) is 17.2. The number of sulfone groups is 2. The van der Waals surface area contributed by atoms with Gasteiger partial charge in [0, 0.05) is 44.4 Å². The number of hydrogen-bond acceptors (Lipinski definition) is 7.